The van der Waals surface area contributed by atoms with E-state index < -0.39 is 0 Å². The van der Waals surface area contributed by atoms with Gasteiger partial charge in [-0.3, -0.25) is 4.79 Å². The molecule has 14 heavy (non-hydrogen) atoms. The van der Waals surface area contributed by atoms with Crippen LogP contribution in [0.5, 0.6) is 0 Å². The molecule has 1 atom stereocenters. The molecule has 0 aromatic heterocycles. The highest BCUT2D eigenvalue weighted by Crippen LogP contribution is 2.09. The molecule has 0 aliphatic heterocycles. The highest BCUT2D eigenvalue weighted by Gasteiger charge is 2.06. The summed E-state index contributed by atoms with van der Waals surface area (Å²) in [7, 11) is 1.42. The Balaban J connectivity index is 3.35. The normalized spacial score (nSPS) is 12.9. The molecule has 0 saturated heterocycles. The Hall–Kier alpha value is -0.570. The highest BCUT2D eigenvalue weighted by molar-refractivity contribution is 5.68. The molecule has 0 radical (unpaired) electrons. The predicted octanol–water partition coefficient (Wildman–Crippen LogP) is 2.39. The van der Waals surface area contributed by atoms with Crippen LogP contribution in [-0.2, 0) is 14.3 Å². The largest absolute Gasteiger partial charge is 0.469 e. The molecular weight excluding hydrogens is 180 g/mol. The third-order valence-electron chi connectivity index (χ3n) is 2.02. The van der Waals surface area contributed by atoms with Gasteiger partial charge in [0.05, 0.1) is 13.2 Å². The maximum absolute atomic E-state index is 10.8. The summed E-state index contributed by atoms with van der Waals surface area (Å²) >= 11 is 0. The minimum absolute atomic E-state index is 0.123. The van der Waals surface area contributed by atoms with Crippen LogP contribution in [0.4, 0.5) is 0 Å². The van der Waals surface area contributed by atoms with Gasteiger partial charge in [0.25, 0.3) is 0 Å². The summed E-state index contributed by atoms with van der Waals surface area (Å²) in [6.07, 6.45) is 2.71. The Labute approximate surface area is 86.8 Å². The van der Waals surface area contributed by atoms with Gasteiger partial charge in [-0.15, -0.1) is 0 Å². The molecule has 1 unspecified atom stereocenters. The fourth-order valence-electron chi connectivity index (χ4n) is 1.14. The van der Waals surface area contributed by atoms with Gasteiger partial charge >= 0.3 is 5.97 Å². The molecule has 0 rings (SSSR count). The third-order valence-corrected chi connectivity index (χ3v) is 2.02. The molecule has 3 nitrogen and oxygen atoms in total. The van der Waals surface area contributed by atoms with Crippen LogP contribution in [0.25, 0.3) is 0 Å². The number of carbonyl (C=O) groups excluding carboxylic acids is 1. The molecule has 3 heteroatoms. The fourth-order valence-corrected chi connectivity index (χ4v) is 1.14. The van der Waals surface area contributed by atoms with Gasteiger partial charge in [-0.25, -0.2) is 0 Å². The average Bonchev–Trinajstić information content (AvgIpc) is 2.14. The summed E-state index contributed by atoms with van der Waals surface area (Å²) in [5, 5.41) is 0. The van der Waals surface area contributed by atoms with Crippen molar-refractivity contribution in [1.29, 1.82) is 0 Å². The monoisotopic (exact) mass is 202 g/mol. The lowest BCUT2D eigenvalue weighted by Gasteiger charge is -2.13. The van der Waals surface area contributed by atoms with Gasteiger partial charge < -0.3 is 9.47 Å². The average molecular weight is 202 g/mol. The number of ether oxygens (including phenoxy) is 2. The maximum Gasteiger partial charge on any atom is 0.305 e. The lowest BCUT2D eigenvalue weighted by Crippen LogP contribution is -2.11. The highest BCUT2D eigenvalue weighted by atomic mass is 16.5. The zero-order valence-electron chi connectivity index (χ0n) is 9.71. The van der Waals surface area contributed by atoms with E-state index in [9.17, 15) is 4.79 Å². The Morgan fingerprint density at radius 2 is 1.93 bits per heavy atom. The van der Waals surface area contributed by atoms with Crippen molar-refractivity contribution in [1.82, 2.24) is 0 Å². The summed E-state index contributed by atoms with van der Waals surface area (Å²) in [6, 6.07) is 0. The Bertz CT molecular complexity index is 155. The first-order valence-corrected chi connectivity index (χ1v) is 5.24. The van der Waals surface area contributed by atoms with Gasteiger partial charge in [-0.2, -0.15) is 0 Å². The first-order chi connectivity index (χ1) is 6.56. The molecule has 0 saturated carbocycles. The van der Waals surface area contributed by atoms with Gasteiger partial charge in [0.15, 0.2) is 0 Å². The number of hydrogen-bond acceptors (Lipinski definition) is 3. The van der Waals surface area contributed by atoms with Crippen molar-refractivity contribution in [3.63, 3.8) is 0 Å². The molecule has 0 aromatic carbocycles. The molecule has 0 aliphatic rings. The summed E-state index contributed by atoms with van der Waals surface area (Å²) < 4.78 is 10.0. The van der Waals surface area contributed by atoms with Gasteiger partial charge in [-0.1, -0.05) is 6.92 Å². The zero-order chi connectivity index (χ0) is 11.0. The summed E-state index contributed by atoms with van der Waals surface area (Å²) in [6.45, 7) is 6.97. The summed E-state index contributed by atoms with van der Waals surface area (Å²) in [5.41, 5.74) is 0. The van der Waals surface area contributed by atoms with E-state index in [-0.39, 0.29) is 12.1 Å². The lowest BCUT2D eigenvalue weighted by molar-refractivity contribution is -0.140. The van der Waals surface area contributed by atoms with E-state index in [1.165, 1.54) is 7.11 Å². The van der Waals surface area contributed by atoms with E-state index in [0.29, 0.717) is 12.3 Å². The van der Waals surface area contributed by atoms with Crippen LogP contribution >= 0.6 is 0 Å². The summed E-state index contributed by atoms with van der Waals surface area (Å²) in [5.74, 6) is 0.393. The van der Waals surface area contributed by atoms with E-state index in [1.54, 1.807) is 0 Å². The van der Waals surface area contributed by atoms with Crippen molar-refractivity contribution in [3.05, 3.63) is 0 Å². The topological polar surface area (TPSA) is 35.5 Å². The van der Waals surface area contributed by atoms with Crippen molar-refractivity contribution >= 4 is 5.97 Å². The molecule has 0 heterocycles. The number of methoxy groups -OCH3 is 1. The number of esters is 1. The second-order valence-electron chi connectivity index (χ2n) is 3.96. The van der Waals surface area contributed by atoms with Crippen molar-refractivity contribution in [3.8, 4) is 0 Å². The SMILES string of the molecule is COC(=O)CCCC(C)COC(C)C. The second-order valence-corrected chi connectivity index (χ2v) is 3.96. The Kier molecular flexibility index (Phi) is 7.48. The smallest absolute Gasteiger partial charge is 0.305 e. The van der Waals surface area contributed by atoms with Gasteiger partial charge in [0.2, 0.25) is 0 Å². The van der Waals surface area contributed by atoms with Crippen LogP contribution in [0.2, 0.25) is 0 Å². The molecule has 0 fully saturated rings. The standard InChI is InChI=1S/C11H22O3/c1-9(2)14-8-10(3)6-5-7-11(12)13-4/h9-10H,5-8H2,1-4H3. The third kappa shape index (κ3) is 8.05. The van der Waals surface area contributed by atoms with E-state index in [1.807, 2.05) is 13.8 Å². The molecular formula is C11H22O3. The van der Waals surface area contributed by atoms with Crippen LogP contribution in [-0.4, -0.2) is 25.8 Å². The quantitative estimate of drug-likeness (QED) is 0.595. The van der Waals surface area contributed by atoms with E-state index in [2.05, 4.69) is 11.7 Å². The van der Waals surface area contributed by atoms with Crippen LogP contribution < -0.4 is 0 Å². The van der Waals surface area contributed by atoms with Crippen LogP contribution in [0.3, 0.4) is 0 Å². The van der Waals surface area contributed by atoms with Crippen LogP contribution in [0.15, 0.2) is 0 Å². The van der Waals surface area contributed by atoms with Crippen molar-refractivity contribution in [2.45, 2.75) is 46.1 Å². The minimum Gasteiger partial charge on any atom is -0.469 e. The number of carbonyl (C=O) groups is 1. The first-order valence-electron chi connectivity index (χ1n) is 5.24. The minimum atomic E-state index is -0.123. The molecule has 0 aliphatic carbocycles. The van der Waals surface area contributed by atoms with Gasteiger partial charge in [0, 0.05) is 13.0 Å². The number of hydrogen-bond donors (Lipinski definition) is 0. The zero-order valence-corrected chi connectivity index (χ0v) is 9.71. The molecule has 0 spiro atoms. The van der Waals surface area contributed by atoms with E-state index in [0.717, 1.165) is 19.4 Å². The first kappa shape index (κ1) is 13.4. The van der Waals surface area contributed by atoms with Crippen LogP contribution in [0.1, 0.15) is 40.0 Å². The molecule has 0 N–H and O–H groups in total. The molecule has 0 bridgehead atoms. The van der Waals surface area contributed by atoms with E-state index >= 15 is 0 Å². The Morgan fingerprint density at radius 1 is 1.29 bits per heavy atom. The molecule has 0 amide bonds. The van der Waals surface area contributed by atoms with Crippen molar-refractivity contribution in [2.24, 2.45) is 5.92 Å². The predicted molar refractivity (Wildman–Crippen MR) is 56.1 cm³/mol. The van der Waals surface area contributed by atoms with Crippen LogP contribution in [0, 0.1) is 5.92 Å². The van der Waals surface area contributed by atoms with Crippen molar-refractivity contribution < 1.29 is 14.3 Å². The lowest BCUT2D eigenvalue weighted by atomic mass is 10.1. The maximum atomic E-state index is 10.8. The molecule has 84 valence electrons. The van der Waals surface area contributed by atoms with E-state index in [4.69, 9.17) is 4.74 Å². The second kappa shape index (κ2) is 7.80. The Morgan fingerprint density at radius 3 is 2.43 bits per heavy atom. The fraction of sp³-hybridized carbons (Fsp3) is 0.909. The number of rotatable bonds is 7. The van der Waals surface area contributed by atoms with Crippen molar-refractivity contribution in [2.75, 3.05) is 13.7 Å². The molecule has 0 aromatic rings. The van der Waals surface area contributed by atoms with Gasteiger partial charge in [-0.05, 0) is 32.6 Å². The summed E-state index contributed by atoms with van der Waals surface area (Å²) in [4.78, 5) is 10.8. The van der Waals surface area contributed by atoms with Gasteiger partial charge in [0.1, 0.15) is 0 Å².